The van der Waals surface area contributed by atoms with Crippen molar-refractivity contribution in [3.8, 4) is 0 Å². The second-order valence-corrected chi connectivity index (χ2v) is 7.21. The topological polar surface area (TPSA) is 78.7 Å². The molecule has 138 valence electrons. The van der Waals surface area contributed by atoms with Gasteiger partial charge in [0.15, 0.2) is 0 Å². The zero-order chi connectivity index (χ0) is 17.5. The molecule has 0 spiro atoms. The molecule has 2 fully saturated rings. The molecule has 0 aromatic heterocycles. The Labute approximate surface area is 146 Å². The lowest BCUT2D eigenvalue weighted by atomic mass is 10.1. The Morgan fingerprint density at radius 2 is 2.21 bits per heavy atom. The maximum absolute atomic E-state index is 12.5. The van der Waals surface area contributed by atoms with Crippen molar-refractivity contribution in [1.29, 1.82) is 0 Å². The number of nitrogens with one attached hydrogen (secondary N) is 1. The van der Waals surface area contributed by atoms with Gasteiger partial charge in [0.1, 0.15) is 0 Å². The van der Waals surface area contributed by atoms with Crippen LogP contribution in [0.3, 0.4) is 0 Å². The second kappa shape index (κ2) is 9.37. The SMILES string of the molecule is CCCCC(CN)NC(=O)C1CC(=O)N(CC2CCCN2CC)C1. The van der Waals surface area contributed by atoms with E-state index in [9.17, 15) is 9.59 Å². The summed E-state index contributed by atoms with van der Waals surface area (Å²) in [4.78, 5) is 29.1. The van der Waals surface area contributed by atoms with Crippen LogP contribution in [0.2, 0.25) is 0 Å². The Kier molecular flexibility index (Phi) is 7.49. The van der Waals surface area contributed by atoms with Gasteiger partial charge in [-0.1, -0.05) is 26.7 Å². The third-order valence-electron chi connectivity index (χ3n) is 5.46. The molecule has 0 aromatic carbocycles. The van der Waals surface area contributed by atoms with Crippen molar-refractivity contribution in [3.63, 3.8) is 0 Å². The van der Waals surface area contributed by atoms with Gasteiger partial charge >= 0.3 is 0 Å². The van der Waals surface area contributed by atoms with Gasteiger partial charge in [-0.2, -0.15) is 0 Å². The van der Waals surface area contributed by atoms with Crippen LogP contribution in [0.5, 0.6) is 0 Å². The summed E-state index contributed by atoms with van der Waals surface area (Å²) in [7, 11) is 0. The molecule has 3 unspecified atom stereocenters. The van der Waals surface area contributed by atoms with E-state index in [0.717, 1.165) is 45.3 Å². The van der Waals surface area contributed by atoms with Crippen LogP contribution in [0, 0.1) is 5.92 Å². The number of unbranched alkanes of at least 4 members (excludes halogenated alkanes) is 1. The fourth-order valence-electron chi connectivity index (χ4n) is 3.92. The van der Waals surface area contributed by atoms with Crippen LogP contribution in [0.15, 0.2) is 0 Å². The van der Waals surface area contributed by atoms with Crippen molar-refractivity contribution in [2.24, 2.45) is 11.7 Å². The highest BCUT2D eigenvalue weighted by molar-refractivity contribution is 5.89. The number of likely N-dealkylation sites (tertiary alicyclic amines) is 2. The predicted octanol–water partition coefficient (Wildman–Crippen LogP) is 0.953. The molecule has 0 radical (unpaired) electrons. The van der Waals surface area contributed by atoms with Crippen LogP contribution in [0.4, 0.5) is 0 Å². The third kappa shape index (κ3) is 4.93. The number of hydrogen-bond donors (Lipinski definition) is 2. The molecule has 6 nitrogen and oxygen atoms in total. The lowest BCUT2D eigenvalue weighted by Gasteiger charge is -2.27. The molecule has 2 rings (SSSR count). The van der Waals surface area contributed by atoms with Crippen LogP contribution in [0.25, 0.3) is 0 Å². The van der Waals surface area contributed by atoms with E-state index in [-0.39, 0.29) is 23.8 Å². The smallest absolute Gasteiger partial charge is 0.225 e. The largest absolute Gasteiger partial charge is 0.352 e. The van der Waals surface area contributed by atoms with E-state index in [0.29, 0.717) is 25.6 Å². The van der Waals surface area contributed by atoms with Gasteiger partial charge in [0, 0.05) is 38.1 Å². The maximum Gasteiger partial charge on any atom is 0.225 e. The summed E-state index contributed by atoms with van der Waals surface area (Å²) >= 11 is 0. The van der Waals surface area contributed by atoms with Crippen molar-refractivity contribution in [3.05, 3.63) is 0 Å². The van der Waals surface area contributed by atoms with Gasteiger partial charge < -0.3 is 16.0 Å². The van der Waals surface area contributed by atoms with Crippen LogP contribution >= 0.6 is 0 Å². The summed E-state index contributed by atoms with van der Waals surface area (Å²) in [6, 6.07) is 0.495. The Morgan fingerprint density at radius 3 is 2.88 bits per heavy atom. The summed E-state index contributed by atoms with van der Waals surface area (Å²) in [6.07, 6.45) is 5.77. The molecule has 2 heterocycles. The molecule has 0 saturated carbocycles. The number of carbonyl (C=O) groups excluding carboxylic acids is 2. The van der Waals surface area contributed by atoms with Gasteiger partial charge in [-0.05, 0) is 32.4 Å². The van der Waals surface area contributed by atoms with E-state index < -0.39 is 0 Å². The van der Waals surface area contributed by atoms with Crippen LogP contribution in [-0.4, -0.2) is 66.4 Å². The molecular weight excluding hydrogens is 304 g/mol. The number of carbonyl (C=O) groups is 2. The number of hydrogen-bond acceptors (Lipinski definition) is 4. The molecule has 2 aliphatic heterocycles. The van der Waals surface area contributed by atoms with Crippen molar-refractivity contribution < 1.29 is 9.59 Å². The Bertz CT molecular complexity index is 429. The standard InChI is InChI=1S/C18H34N4O2/c1-3-5-7-15(11-19)20-18(24)14-10-17(23)22(12-14)13-16-8-6-9-21(16)4-2/h14-16H,3-13,19H2,1-2H3,(H,20,24). The van der Waals surface area contributed by atoms with E-state index in [4.69, 9.17) is 5.73 Å². The zero-order valence-corrected chi connectivity index (χ0v) is 15.3. The van der Waals surface area contributed by atoms with E-state index in [1.165, 1.54) is 6.42 Å². The highest BCUT2D eigenvalue weighted by atomic mass is 16.2. The highest BCUT2D eigenvalue weighted by Crippen LogP contribution is 2.23. The van der Waals surface area contributed by atoms with Gasteiger partial charge in [0.25, 0.3) is 0 Å². The van der Waals surface area contributed by atoms with E-state index in [1.54, 1.807) is 0 Å². The monoisotopic (exact) mass is 338 g/mol. The fourth-order valence-corrected chi connectivity index (χ4v) is 3.92. The second-order valence-electron chi connectivity index (χ2n) is 7.21. The average Bonchev–Trinajstić information content (AvgIpc) is 3.18. The minimum atomic E-state index is -0.218. The number of rotatable bonds is 9. The maximum atomic E-state index is 12.5. The Morgan fingerprint density at radius 1 is 1.42 bits per heavy atom. The molecular formula is C18H34N4O2. The highest BCUT2D eigenvalue weighted by Gasteiger charge is 2.37. The molecule has 2 amide bonds. The third-order valence-corrected chi connectivity index (χ3v) is 5.46. The first kappa shape index (κ1) is 19.2. The van der Waals surface area contributed by atoms with Crippen molar-refractivity contribution >= 4 is 11.8 Å². The molecule has 3 atom stereocenters. The molecule has 0 aliphatic carbocycles. The van der Waals surface area contributed by atoms with E-state index in [1.807, 2.05) is 4.90 Å². The molecule has 3 N–H and O–H groups in total. The molecule has 24 heavy (non-hydrogen) atoms. The Hall–Kier alpha value is -1.14. The van der Waals surface area contributed by atoms with E-state index in [2.05, 4.69) is 24.1 Å². The Balaban J connectivity index is 1.83. The van der Waals surface area contributed by atoms with Gasteiger partial charge in [-0.15, -0.1) is 0 Å². The minimum absolute atomic E-state index is 0.00354. The van der Waals surface area contributed by atoms with Crippen LogP contribution in [0.1, 0.15) is 52.4 Å². The van der Waals surface area contributed by atoms with Gasteiger partial charge in [-0.3, -0.25) is 14.5 Å². The summed E-state index contributed by atoms with van der Waals surface area (Å²) in [5, 5.41) is 3.04. The summed E-state index contributed by atoms with van der Waals surface area (Å²) in [5.74, 6) is -0.100. The quantitative estimate of drug-likeness (QED) is 0.656. The first-order valence-electron chi connectivity index (χ1n) is 9.61. The molecule has 0 bridgehead atoms. The number of nitrogens with zero attached hydrogens (tertiary/aromatic N) is 2. The summed E-state index contributed by atoms with van der Waals surface area (Å²) in [5.41, 5.74) is 5.76. The lowest BCUT2D eigenvalue weighted by molar-refractivity contribution is -0.129. The van der Waals surface area contributed by atoms with Crippen LogP contribution < -0.4 is 11.1 Å². The van der Waals surface area contributed by atoms with Gasteiger partial charge in [0.2, 0.25) is 11.8 Å². The lowest BCUT2D eigenvalue weighted by Crippen LogP contribution is -2.44. The predicted molar refractivity (Wildman–Crippen MR) is 95.5 cm³/mol. The number of nitrogens with two attached hydrogens (primary N) is 1. The van der Waals surface area contributed by atoms with Crippen molar-refractivity contribution in [2.75, 3.05) is 32.7 Å². The molecule has 6 heteroatoms. The summed E-state index contributed by atoms with van der Waals surface area (Å²) in [6.45, 7) is 8.25. The molecule has 2 saturated heterocycles. The first-order valence-corrected chi connectivity index (χ1v) is 9.61. The minimum Gasteiger partial charge on any atom is -0.352 e. The zero-order valence-electron chi connectivity index (χ0n) is 15.3. The summed E-state index contributed by atoms with van der Waals surface area (Å²) < 4.78 is 0. The number of amides is 2. The number of likely N-dealkylation sites (N-methyl/N-ethyl adjacent to an activating group) is 1. The van der Waals surface area contributed by atoms with Gasteiger partial charge in [-0.25, -0.2) is 0 Å². The fraction of sp³-hybridized carbons (Fsp3) is 0.889. The van der Waals surface area contributed by atoms with E-state index >= 15 is 0 Å². The van der Waals surface area contributed by atoms with Gasteiger partial charge in [0.05, 0.1) is 5.92 Å². The normalized spacial score (nSPS) is 26.1. The average molecular weight is 338 g/mol. The molecule has 0 aromatic rings. The van der Waals surface area contributed by atoms with Crippen molar-refractivity contribution in [1.82, 2.24) is 15.1 Å². The van der Waals surface area contributed by atoms with Crippen LogP contribution in [-0.2, 0) is 9.59 Å². The van der Waals surface area contributed by atoms with Crippen molar-refractivity contribution in [2.45, 2.75) is 64.5 Å². The molecule has 2 aliphatic rings. The first-order chi connectivity index (χ1) is 11.6.